The normalized spacial score (nSPS) is 16.6. The molecule has 62 valence electrons. The van der Waals surface area contributed by atoms with Gasteiger partial charge in [-0.3, -0.25) is 14.5 Å². The highest BCUT2D eigenvalue weighted by Crippen LogP contribution is 2.23. The van der Waals surface area contributed by atoms with Crippen LogP contribution in [-0.2, 0) is 11.2 Å². The second kappa shape index (κ2) is 2.42. The minimum absolute atomic E-state index is 0.116. The number of carbonyl (C=O) groups excluding carboxylic acids is 2. The van der Waals surface area contributed by atoms with Gasteiger partial charge in [0.15, 0.2) is 0 Å². The van der Waals surface area contributed by atoms with E-state index < -0.39 is 0 Å². The molecule has 0 unspecified atom stereocenters. The molecule has 0 atom stereocenters. The predicted octanol–water partition coefficient (Wildman–Crippen LogP) is 0.903. The lowest BCUT2D eigenvalue weighted by molar-refractivity contribution is -0.127. The van der Waals surface area contributed by atoms with Crippen molar-refractivity contribution >= 4 is 23.2 Å². The lowest BCUT2D eigenvalue weighted by Crippen LogP contribution is -2.38. The van der Waals surface area contributed by atoms with Crippen molar-refractivity contribution in [2.24, 2.45) is 0 Å². The quantitative estimate of drug-likeness (QED) is 0.558. The van der Waals surface area contributed by atoms with Crippen LogP contribution in [0.5, 0.6) is 0 Å². The summed E-state index contributed by atoms with van der Waals surface area (Å²) in [5.74, 6) is -0.294. The highest BCUT2D eigenvalue weighted by Gasteiger charge is 2.28. The second-order valence-corrected chi connectivity index (χ2v) is 3.69. The molecule has 12 heavy (non-hydrogen) atoms. The SMILES string of the molecule is CN1C(=O)Cc2sccc2C1=O. The van der Waals surface area contributed by atoms with Gasteiger partial charge < -0.3 is 0 Å². The van der Waals surface area contributed by atoms with E-state index in [1.165, 1.54) is 23.3 Å². The Morgan fingerprint density at radius 3 is 3.00 bits per heavy atom. The number of imide groups is 1. The van der Waals surface area contributed by atoms with E-state index in [9.17, 15) is 9.59 Å². The van der Waals surface area contributed by atoms with E-state index in [1.807, 2.05) is 5.38 Å². The average molecular weight is 181 g/mol. The number of rotatable bonds is 0. The highest BCUT2D eigenvalue weighted by molar-refractivity contribution is 7.10. The fourth-order valence-corrected chi connectivity index (χ4v) is 2.08. The number of hydrogen-bond acceptors (Lipinski definition) is 3. The van der Waals surface area contributed by atoms with Crippen molar-refractivity contribution in [1.82, 2.24) is 4.90 Å². The van der Waals surface area contributed by atoms with Crippen LogP contribution >= 0.6 is 11.3 Å². The first kappa shape index (κ1) is 7.49. The second-order valence-electron chi connectivity index (χ2n) is 2.69. The third kappa shape index (κ3) is 0.881. The Morgan fingerprint density at radius 1 is 1.50 bits per heavy atom. The van der Waals surface area contributed by atoms with Gasteiger partial charge in [0.25, 0.3) is 5.91 Å². The summed E-state index contributed by atoms with van der Waals surface area (Å²) in [5, 5.41) is 1.84. The van der Waals surface area contributed by atoms with Crippen molar-refractivity contribution in [3.63, 3.8) is 0 Å². The van der Waals surface area contributed by atoms with Gasteiger partial charge in [-0.2, -0.15) is 0 Å². The first-order valence-corrected chi connectivity index (χ1v) is 4.45. The topological polar surface area (TPSA) is 37.4 Å². The molecule has 0 aliphatic carbocycles. The largest absolute Gasteiger partial charge is 0.281 e. The van der Waals surface area contributed by atoms with Crippen molar-refractivity contribution in [3.8, 4) is 0 Å². The fourth-order valence-electron chi connectivity index (χ4n) is 1.22. The van der Waals surface area contributed by atoms with Crippen molar-refractivity contribution in [3.05, 3.63) is 21.9 Å². The van der Waals surface area contributed by atoms with Crippen LogP contribution in [-0.4, -0.2) is 23.8 Å². The minimum Gasteiger partial charge on any atom is -0.281 e. The van der Waals surface area contributed by atoms with Crippen molar-refractivity contribution in [1.29, 1.82) is 0 Å². The number of thiophene rings is 1. The number of likely N-dealkylation sites (N-methyl/N-ethyl adjacent to an activating group) is 1. The molecule has 3 nitrogen and oxygen atoms in total. The first-order chi connectivity index (χ1) is 5.70. The van der Waals surface area contributed by atoms with Crippen LogP contribution in [0.2, 0.25) is 0 Å². The monoisotopic (exact) mass is 181 g/mol. The predicted molar refractivity (Wildman–Crippen MR) is 45.1 cm³/mol. The summed E-state index contributed by atoms with van der Waals surface area (Å²) < 4.78 is 0. The van der Waals surface area contributed by atoms with Gasteiger partial charge >= 0.3 is 0 Å². The molecule has 2 amide bonds. The molecule has 2 heterocycles. The van der Waals surface area contributed by atoms with Crippen molar-refractivity contribution in [2.75, 3.05) is 7.05 Å². The molecule has 0 radical (unpaired) electrons. The fraction of sp³-hybridized carbons (Fsp3) is 0.250. The summed E-state index contributed by atoms with van der Waals surface area (Å²) in [6, 6.07) is 1.77. The number of fused-ring (bicyclic) bond motifs is 1. The summed E-state index contributed by atoms with van der Waals surface area (Å²) in [7, 11) is 1.52. The molecule has 0 N–H and O–H groups in total. The molecule has 0 bridgehead atoms. The van der Waals surface area contributed by atoms with Crippen LogP contribution in [0.15, 0.2) is 11.4 Å². The van der Waals surface area contributed by atoms with Gasteiger partial charge in [-0.05, 0) is 11.4 Å². The summed E-state index contributed by atoms with van der Waals surface area (Å²) >= 11 is 1.47. The Hall–Kier alpha value is -1.16. The number of carbonyl (C=O) groups is 2. The third-order valence-electron chi connectivity index (χ3n) is 1.97. The molecule has 1 aliphatic heterocycles. The summed E-state index contributed by atoms with van der Waals surface area (Å²) in [6.45, 7) is 0. The number of amides is 2. The third-order valence-corrected chi connectivity index (χ3v) is 2.89. The summed E-state index contributed by atoms with van der Waals surface area (Å²) in [4.78, 5) is 24.6. The molecule has 1 aromatic rings. The van der Waals surface area contributed by atoms with E-state index in [1.54, 1.807) is 6.07 Å². The molecule has 0 saturated carbocycles. The van der Waals surface area contributed by atoms with Crippen LogP contribution < -0.4 is 0 Å². The summed E-state index contributed by atoms with van der Waals surface area (Å²) in [5.41, 5.74) is 0.683. The lowest BCUT2D eigenvalue weighted by Gasteiger charge is -2.19. The molecule has 1 aromatic heterocycles. The Balaban J connectivity index is 2.53. The Morgan fingerprint density at radius 2 is 2.25 bits per heavy atom. The van der Waals surface area contributed by atoms with Crippen LogP contribution in [0.1, 0.15) is 15.2 Å². The molecule has 4 heteroatoms. The van der Waals surface area contributed by atoms with Crippen molar-refractivity contribution < 1.29 is 9.59 Å². The minimum atomic E-state index is -0.178. The first-order valence-electron chi connectivity index (χ1n) is 3.57. The van der Waals surface area contributed by atoms with Crippen LogP contribution in [0, 0.1) is 0 Å². The van der Waals surface area contributed by atoms with E-state index in [-0.39, 0.29) is 11.8 Å². The van der Waals surface area contributed by atoms with Gasteiger partial charge in [0.1, 0.15) is 0 Å². The molecule has 1 aliphatic rings. The van der Waals surface area contributed by atoms with E-state index in [4.69, 9.17) is 0 Å². The van der Waals surface area contributed by atoms with E-state index in [2.05, 4.69) is 0 Å². The van der Waals surface area contributed by atoms with E-state index >= 15 is 0 Å². The maximum Gasteiger partial charge on any atom is 0.261 e. The Bertz CT molecular complexity index is 356. The van der Waals surface area contributed by atoms with Crippen LogP contribution in [0.4, 0.5) is 0 Å². The van der Waals surface area contributed by atoms with Gasteiger partial charge in [-0.1, -0.05) is 0 Å². The average Bonchev–Trinajstić information content (AvgIpc) is 2.48. The zero-order valence-corrected chi connectivity index (χ0v) is 7.35. The Labute approximate surface area is 73.6 Å². The van der Waals surface area contributed by atoms with E-state index in [0.717, 1.165) is 4.88 Å². The zero-order chi connectivity index (χ0) is 8.72. The van der Waals surface area contributed by atoms with Gasteiger partial charge in [0.2, 0.25) is 5.91 Å². The molecule has 0 fully saturated rings. The lowest BCUT2D eigenvalue weighted by atomic mass is 10.1. The summed E-state index contributed by atoms with van der Waals surface area (Å²) in [6.07, 6.45) is 0.370. The van der Waals surface area contributed by atoms with Crippen LogP contribution in [0.3, 0.4) is 0 Å². The molecular weight excluding hydrogens is 174 g/mol. The highest BCUT2D eigenvalue weighted by atomic mass is 32.1. The molecule has 0 aromatic carbocycles. The maximum atomic E-state index is 11.4. The molecule has 2 rings (SSSR count). The van der Waals surface area contributed by atoms with Gasteiger partial charge in [0, 0.05) is 11.9 Å². The smallest absolute Gasteiger partial charge is 0.261 e. The number of hydrogen-bond donors (Lipinski definition) is 0. The molecular formula is C8H7NO2S. The van der Waals surface area contributed by atoms with Crippen molar-refractivity contribution in [2.45, 2.75) is 6.42 Å². The molecule has 0 spiro atoms. The van der Waals surface area contributed by atoms with Crippen LogP contribution in [0.25, 0.3) is 0 Å². The van der Waals surface area contributed by atoms with Gasteiger partial charge in [0.05, 0.1) is 12.0 Å². The maximum absolute atomic E-state index is 11.4. The van der Waals surface area contributed by atoms with Gasteiger partial charge in [-0.25, -0.2) is 0 Å². The number of nitrogens with zero attached hydrogens (tertiary/aromatic N) is 1. The zero-order valence-electron chi connectivity index (χ0n) is 6.53. The van der Waals surface area contributed by atoms with E-state index in [0.29, 0.717) is 12.0 Å². The Kier molecular flexibility index (Phi) is 1.51. The molecule has 0 saturated heterocycles. The standard InChI is InChI=1S/C8H7NO2S/c1-9-7(10)4-6-5(8(9)11)2-3-12-6/h2-3H,4H2,1H3. The van der Waals surface area contributed by atoms with Gasteiger partial charge in [-0.15, -0.1) is 11.3 Å².